The van der Waals surface area contributed by atoms with Crippen molar-refractivity contribution in [3.63, 3.8) is 0 Å². The summed E-state index contributed by atoms with van der Waals surface area (Å²) in [6, 6.07) is -0.226. The number of hydrogen-bond acceptors (Lipinski definition) is 2. The first kappa shape index (κ1) is 13.2. The van der Waals surface area contributed by atoms with Crippen molar-refractivity contribution in [2.24, 2.45) is 5.73 Å². The minimum absolute atomic E-state index is 0.226. The van der Waals surface area contributed by atoms with Crippen LogP contribution >= 0.6 is 0 Å². The fraction of sp³-hybridized carbons (Fsp3) is 0.875. The minimum atomic E-state index is -4.28. The topological polar surface area (TPSA) is 46.3 Å². The largest absolute Gasteiger partial charge is 0.389 e. The van der Waals surface area contributed by atoms with Crippen molar-refractivity contribution < 1.29 is 18.0 Å². The molecule has 6 heteroatoms. The van der Waals surface area contributed by atoms with Crippen LogP contribution in [-0.4, -0.2) is 36.6 Å². The summed E-state index contributed by atoms with van der Waals surface area (Å²) in [7, 11) is 1.45. The summed E-state index contributed by atoms with van der Waals surface area (Å²) in [5.74, 6) is -0.528. The van der Waals surface area contributed by atoms with Gasteiger partial charge in [0.05, 0.1) is 6.42 Å². The lowest BCUT2D eigenvalue weighted by molar-refractivity contribution is -0.149. The summed E-state index contributed by atoms with van der Waals surface area (Å²) in [6.45, 7) is 1.93. The number of nitrogens with zero attached hydrogens (tertiary/aromatic N) is 1. The average molecular weight is 212 g/mol. The number of nitrogens with two attached hydrogens (primary N) is 1. The van der Waals surface area contributed by atoms with E-state index in [1.54, 1.807) is 6.92 Å². The molecule has 3 nitrogen and oxygen atoms in total. The van der Waals surface area contributed by atoms with E-state index in [2.05, 4.69) is 0 Å². The third-order valence-electron chi connectivity index (χ3n) is 2.02. The van der Waals surface area contributed by atoms with Gasteiger partial charge in [-0.2, -0.15) is 13.2 Å². The van der Waals surface area contributed by atoms with Crippen LogP contribution in [0.4, 0.5) is 13.2 Å². The first-order valence-electron chi connectivity index (χ1n) is 4.30. The highest BCUT2D eigenvalue weighted by Gasteiger charge is 2.29. The van der Waals surface area contributed by atoms with Gasteiger partial charge in [-0.25, -0.2) is 0 Å². The molecule has 84 valence electrons. The lowest BCUT2D eigenvalue weighted by atomic mass is 10.2. The van der Waals surface area contributed by atoms with Gasteiger partial charge in [-0.05, 0) is 6.92 Å². The van der Waals surface area contributed by atoms with Gasteiger partial charge in [0.1, 0.15) is 0 Å². The highest BCUT2D eigenvalue weighted by Crippen LogP contribution is 2.21. The van der Waals surface area contributed by atoms with E-state index in [9.17, 15) is 18.0 Å². The van der Waals surface area contributed by atoms with E-state index in [0.29, 0.717) is 0 Å². The molecule has 1 atom stereocenters. The van der Waals surface area contributed by atoms with Crippen molar-refractivity contribution in [1.29, 1.82) is 0 Å². The number of carbonyl (C=O) groups excluding carboxylic acids is 1. The van der Waals surface area contributed by atoms with E-state index in [4.69, 9.17) is 5.73 Å². The van der Waals surface area contributed by atoms with Crippen LogP contribution in [0.25, 0.3) is 0 Å². The monoisotopic (exact) mass is 212 g/mol. The summed E-state index contributed by atoms with van der Waals surface area (Å²) < 4.78 is 35.3. The molecule has 0 aromatic heterocycles. The predicted octanol–water partition coefficient (Wildman–Crippen LogP) is 1.13. The number of rotatable bonds is 4. The normalized spacial score (nSPS) is 13.9. The number of likely N-dealkylation sites (N-methyl/N-ethyl adjacent to an activating group) is 1. The highest BCUT2D eigenvalue weighted by molar-refractivity contribution is 5.76. The van der Waals surface area contributed by atoms with Crippen LogP contribution < -0.4 is 5.73 Å². The van der Waals surface area contributed by atoms with Gasteiger partial charge in [0, 0.05) is 26.1 Å². The lowest BCUT2D eigenvalue weighted by Gasteiger charge is -2.23. The van der Waals surface area contributed by atoms with Gasteiger partial charge >= 0.3 is 6.18 Å². The van der Waals surface area contributed by atoms with Crippen molar-refractivity contribution in [1.82, 2.24) is 4.90 Å². The molecule has 0 aliphatic rings. The fourth-order valence-electron chi connectivity index (χ4n) is 0.829. The molecule has 0 spiro atoms. The molecule has 0 bridgehead atoms. The van der Waals surface area contributed by atoms with Crippen LogP contribution in [0, 0.1) is 0 Å². The highest BCUT2D eigenvalue weighted by atomic mass is 19.4. The summed E-state index contributed by atoms with van der Waals surface area (Å²) in [5, 5.41) is 0. The maximum Gasteiger partial charge on any atom is 0.389 e. The van der Waals surface area contributed by atoms with E-state index in [1.807, 2.05) is 0 Å². The molecule has 0 aliphatic carbocycles. The number of amides is 1. The zero-order valence-electron chi connectivity index (χ0n) is 8.27. The molecule has 0 saturated heterocycles. The van der Waals surface area contributed by atoms with Crippen LogP contribution in [0.2, 0.25) is 0 Å². The summed E-state index contributed by atoms with van der Waals surface area (Å²) in [4.78, 5) is 12.4. The molecule has 0 heterocycles. The summed E-state index contributed by atoms with van der Waals surface area (Å²) >= 11 is 0. The zero-order valence-corrected chi connectivity index (χ0v) is 8.27. The Morgan fingerprint density at radius 1 is 1.50 bits per heavy atom. The Kier molecular flexibility index (Phi) is 4.90. The quantitative estimate of drug-likeness (QED) is 0.759. The first-order valence-corrected chi connectivity index (χ1v) is 4.30. The van der Waals surface area contributed by atoms with Gasteiger partial charge in [-0.3, -0.25) is 4.79 Å². The predicted molar refractivity (Wildman–Crippen MR) is 46.6 cm³/mol. The molecule has 1 amide bonds. The van der Waals surface area contributed by atoms with Crippen LogP contribution in [0.1, 0.15) is 19.8 Å². The van der Waals surface area contributed by atoms with E-state index >= 15 is 0 Å². The number of halogens is 3. The molecule has 0 aliphatic heterocycles. The second kappa shape index (κ2) is 5.19. The van der Waals surface area contributed by atoms with Crippen LogP contribution in [0.15, 0.2) is 0 Å². The van der Waals surface area contributed by atoms with E-state index in [1.165, 1.54) is 11.9 Å². The second-order valence-corrected chi connectivity index (χ2v) is 3.20. The molecule has 0 rings (SSSR count). The fourth-order valence-corrected chi connectivity index (χ4v) is 0.829. The standard InChI is InChI=1S/C8H15F3N2O/c1-6(5-12)13(2)7(14)3-4-8(9,10)11/h6H,3-5,12H2,1-2H3/t6-/m0/s1. The Balaban J connectivity index is 3.97. The minimum Gasteiger partial charge on any atom is -0.342 e. The first-order chi connectivity index (χ1) is 6.28. The Morgan fingerprint density at radius 2 is 2.00 bits per heavy atom. The van der Waals surface area contributed by atoms with Gasteiger partial charge in [-0.1, -0.05) is 0 Å². The van der Waals surface area contributed by atoms with Gasteiger partial charge in [0.15, 0.2) is 0 Å². The Labute approximate surface area is 81.1 Å². The Morgan fingerprint density at radius 3 is 2.36 bits per heavy atom. The molecule has 0 aromatic carbocycles. The van der Waals surface area contributed by atoms with Crippen LogP contribution in [0.3, 0.4) is 0 Å². The van der Waals surface area contributed by atoms with Gasteiger partial charge in [0.25, 0.3) is 0 Å². The SMILES string of the molecule is C[C@@H](CN)N(C)C(=O)CCC(F)(F)F. The lowest BCUT2D eigenvalue weighted by Crippen LogP contribution is -2.40. The summed E-state index contributed by atoms with van der Waals surface area (Å²) in [5.41, 5.74) is 5.28. The van der Waals surface area contributed by atoms with Gasteiger partial charge in [-0.15, -0.1) is 0 Å². The second-order valence-electron chi connectivity index (χ2n) is 3.20. The number of hydrogen-bond donors (Lipinski definition) is 1. The Hall–Kier alpha value is -0.780. The van der Waals surface area contributed by atoms with Gasteiger partial charge in [0.2, 0.25) is 5.91 Å². The molecular formula is C8H15F3N2O. The molecule has 0 fully saturated rings. The Bertz CT molecular complexity index is 194. The smallest absolute Gasteiger partial charge is 0.342 e. The van der Waals surface area contributed by atoms with E-state index in [0.717, 1.165) is 0 Å². The zero-order chi connectivity index (χ0) is 11.4. The molecule has 0 aromatic rings. The van der Waals surface area contributed by atoms with Crippen LogP contribution in [0.5, 0.6) is 0 Å². The van der Waals surface area contributed by atoms with Crippen molar-refractivity contribution in [3.05, 3.63) is 0 Å². The third kappa shape index (κ3) is 5.06. The van der Waals surface area contributed by atoms with E-state index in [-0.39, 0.29) is 12.6 Å². The van der Waals surface area contributed by atoms with Crippen molar-refractivity contribution in [2.75, 3.05) is 13.6 Å². The average Bonchev–Trinajstić information content (AvgIpc) is 2.10. The van der Waals surface area contributed by atoms with Crippen LogP contribution in [-0.2, 0) is 4.79 Å². The molecule has 0 unspecified atom stereocenters. The number of carbonyl (C=O) groups is 1. The maximum absolute atomic E-state index is 11.8. The summed E-state index contributed by atoms with van der Waals surface area (Å²) in [6.07, 6.45) is -5.86. The van der Waals surface area contributed by atoms with Crippen molar-refractivity contribution in [2.45, 2.75) is 32.0 Å². The molecule has 2 N–H and O–H groups in total. The van der Waals surface area contributed by atoms with Crippen molar-refractivity contribution >= 4 is 5.91 Å². The third-order valence-corrected chi connectivity index (χ3v) is 2.02. The molecule has 14 heavy (non-hydrogen) atoms. The van der Waals surface area contributed by atoms with E-state index < -0.39 is 24.9 Å². The van der Waals surface area contributed by atoms with Gasteiger partial charge < -0.3 is 10.6 Å². The van der Waals surface area contributed by atoms with Crippen molar-refractivity contribution in [3.8, 4) is 0 Å². The number of alkyl halides is 3. The molecular weight excluding hydrogens is 197 g/mol. The molecule has 0 radical (unpaired) electrons. The maximum atomic E-state index is 11.8. The molecule has 0 saturated carbocycles.